The highest BCUT2D eigenvalue weighted by atomic mass is 16.5. The van der Waals surface area contributed by atoms with Crippen molar-refractivity contribution < 1.29 is 28.5 Å². The number of aryl methyl sites for hydroxylation is 2. The van der Waals surface area contributed by atoms with Crippen LogP contribution in [0.3, 0.4) is 0 Å². The van der Waals surface area contributed by atoms with Crippen LogP contribution in [-0.4, -0.2) is 31.4 Å². The lowest BCUT2D eigenvalue weighted by Crippen LogP contribution is -2.28. The van der Waals surface area contributed by atoms with Gasteiger partial charge in [-0.1, -0.05) is 63.8 Å². The van der Waals surface area contributed by atoms with Gasteiger partial charge < -0.3 is 24.4 Å². The van der Waals surface area contributed by atoms with Crippen molar-refractivity contribution in [3.05, 3.63) is 83.4 Å². The fraction of sp³-hybridized carbons (Fsp3) is 0.533. The summed E-state index contributed by atoms with van der Waals surface area (Å²) in [5.41, 5.74) is 3.26. The van der Waals surface area contributed by atoms with Gasteiger partial charge in [-0.25, -0.2) is 0 Å². The van der Waals surface area contributed by atoms with Gasteiger partial charge in [0.15, 0.2) is 0 Å². The third-order valence-electron chi connectivity index (χ3n) is 10.9. The molecule has 280 valence electrons. The number of esters is 2. The summed E-state index contributed by atoms with van der Waals surface area (Å²) in [6.45, 7) is 5.55. The lowest BCUT2D eigenvalue weighted by atomic mass is 9.82. The van der Waals surface area contributed by atoms with E-state index in [9.17, 15) is 9.59 Å². The van der Waals surface area contributed by atoms with Crippen LogP contribution >= 0.6 is 0 Å². The van der Waals surface area contributed by atoms with E-state index < -0.39 is 0 Å². The summed E-state index contributed by atoms with van der Waals surface area (Å²) in [5, 5.41) is 7.98. The summed E-state index contributed by atoms with van der Waals surface area (Å²) < 4.78 is 23.8. The van der Waals surface area contributed by atoms with E-state index in [2.05, 4.69) is 38.1 Å². The normalized spacial score (nSPS) is 20.1. The summed E-state index contributed by atoms with van der Waals surface area (Å²) in [6, 6.07) is 21.6. The molecule has 0 saturated heterocycles. The Bertz CT molecular complexity index is 1530. The molecule has 7 nitrogen and oxygen atoms in total. The Morgan fingerprint density at radius 3 is 1.48 bits per heavy atom. The number of hydrogen-bond acceptors (Lipinski definition) is 7. The summed E-state index contributed by atoms with van der Waals surface area (Å²) in [6.07, 6.45) is 17.5. The molecule has 3 aromatic carbocycles. The average Bonchev–Trinajstić information content (AvgIpc) is 3.18. The van der Waals surface area contributed by atoms with E-state index in [0.29, 0.717) is 47.9 Å². The second-order valence-electron chi connectivity index (χ2n) is 14.9. The van der Waals surface area contributed by atoms with Crippen molar-refractivity contribution in [3.8, 4) is 23.0 Å². The number of ether oxygens (including phenoxy) is 4. The van der Waals surface area contributed by atoms with Gasteiger partial charge in [0.2, 0.25) is 0 Å². The van der Waals surface area contributed by atoms with E-state index >= 15 is 0 Å². The first-order valence-electron chi connectivity index (χ1n) is 19.9. The Hall–Kier alpha value is -4.13. The second kappa shape index (κ2) is 20.8. The van der Waals surface area contributed by atoms with Crippen molar-refractivity contribution in [2.24, 2.45) is 23.7 Å². The number of rotatable bonds is 19. The molecule has 2 fully saturated rings. The number of carbonyl (C=O) groups is 2. The molecule has 1 N–H and O–H groups in total. The number of nitrogens with one attached hydrogen (secondary N) is 1. The molecule has 0 atom stereocenters. The quantitative estimate of drug-likeness (QED) is 0.0576. The predicted octanol–water partition coefficient (Wildman–Crippen LogP) is 10.7. The van der Waals surface area contributed by atoms with Crippen LogP contribution in [0.2, 0.25) is 0 Å². The Morgan fingerprint density at radius 2 is 1.04 bits per heavy atom. The summed E-state index contributed by atoms with van der Waals surface area (Å²) >= 11 is 0. The lowest BCUT2D eigenvalue weighted by molar-refractivity contribution is -0.141. The molecule has 0 aromatic heterocycles. The van der Waals surface area contributed by atoms with Gasteiger partial charge in [-0.3, -0.25) is 9.59 Å². The summed E-state index contributed by atoms with van der Waals surface area (Å²) in [5.74, 6) is 2.95. The van der Waals surface area contributed by atoms with E-state index in [-0.39, 0.29) is 23.8 Å². The molecule has 0 aliphatic heterocycles. The predicted molar refractivity (Wildman–Crippen MR) is 207 cm³/mol. The lowest BCUT2D eigenvalue weighted by Gasteiger charge is -2.27. The molecule has 7 heteroatoms. The SMILES string of the molecule is CCCCCc1ccc(OC(=O)C2CCC(COc3ccc(OCC4CCC(C(=O)Oc5ccc(CCCCC)cc5)CC4)c(C=N)c3)CC2)cc1. The monoisotopic (exact) mass is 709 g/mol. The highest BCUT2D eigenvalue weighted by molar-refractivity contribution is 5.82. The fourth-order valence-electron chi connectivity index (χ4n) is 7.42. The van der Waals surface area contributed by atoms with E-state index in [1.807, 2.05) is 42.5 Å². The van der Waals surface area contributed by atoms with Crippen LogP contribution in [0.4, 0.5) is 0 Å². The van der Waals surface area contributed by atoms with Gasteiger partial charge in [-0.2, -0.15) is 0 Å². The summed E-state index contributed by atoms with van der Waals surface area (Å²) in [4.78, 5) is 25.7. The van der Waals surface area contributed by atoms with Gasteiger partial charge in [0.25, 0.3) is 0 Å². The average molecular weight is 710 g/mol. The van der Waals surface area contributed by atoms with Crippen molar-refractivity contribution in [3.63, 3.8) is 0 Å². The maximum absolute atomic E-state index is 12.9. The van der Waals surface area contributed by atoms with Crippen LogP contribution in [-0.2, 0) is 22.4 Å². The van der Waals surface area contributed by atoms with Crippen molar-refractivity contribution in [2.45, 2.75) is 117 Å². The van der Waals surface area contributed by atoms with Gasteiger partial charge in [-0.15, -0.1) is 0 Å². The molecule has 0 bridgehead atoms. The van der Waals surface area contributed by atoms with Crippen LogP contribution in [0.25, 0.3) is 0 Å². The topological polar surface area (TPSA) is 94.9 Å². The minimum Gasteiger partial charge on any atom is -0.493 e. The smallest absolute Gasteiger partial charge is 0.314 e. The maximum atomic E-state index is 12.9. The van der Waals surface area contributed by atoms with Crippen LogP contribution in [0.1, 0.15) is 120 Å². The molecule has 0 spiro atoms. The minimum atomic E-state index is -0.135. The van der Waals surface area contributed by atoms with Crippen molar-refractivity contribution in [1.82, 2.24) is 0 Å². The number of hydrogen-bond donors (Lipinski definition) is 1. The van der Waals surface area contributed by atoms with Gasteiger partial charge in [-0.05, 0) is 142 Å². The first kappa shape index (κ1) is 39.1. The summed E-state index contributed by atoms with van der Waals surface area (Å²) in [7, 11) is 0. The molecule has 0 heterocycles. The van der Waals surface area contributed by atoms with Crippen LogP contribution in [0.15, 0.2) is 66.7 Å². The molecule has 5 rings (SSSR count). The second-order valence-corrected chi connectivity index (χ2v) is 14.9. The van der Waals surface area contributed by atoms with Gasteiger partial charge >= 0.3 is 11.9 Å². The Balaban J connectivity index is 0.980. The zero-order chi connectivity index (χ0) is 36.5. The minimum absolute atomic E-state index is 0.0758. The maximum Gasteiger partial charge on any atom is 0.314 e. The number of carbonyl (C=O) groups excluding carboxylic acids is 2. The van der Waals surface area contributed by atoms with Crippen molar-refractivity contribution in [2.75, 3.05) is 13.2 Å². The van der Waals surface area contributed by atoms with E-state index in [4.69, 9.17) is 24.4 Å². The first-order valence-corrected chi connectivity index (χ1v) is 19.9. The number of benzene rings is 3. The fourth-order valence-corrected chi connectivity index (χ4v) is 7.42. The van der Waals surface area contributed by atoms with E-state index in [1.54, 1.807) is 0 Å². The number of unbranched alkanes of at least 4 members (excludes halogenated alkanes) is 4. The first-order chi connectivity index (χ1) is 25.4. The van der Waals surface area contributed by atoms with Gasteiger partial charge in [0.05, 0.1) is 25.0 Å². The van der Waals surface area contributed by atoms with Crippen LogP contribution < -0.4 is 18.9 Å². The standard InChI is InChI=1S/C45H59NO6/c1-3-5-7-9-33-15-23-40(24-16-33)51-44(47)37-19-11-35(12-20-37)31-49-42-27-28-43(39(29-42)30-46)50-32-36-13-21-38(22-14-36)45(48)52-41-25-17-34(18-26-41)10-8-6-4-2/h15-18,23-30,35-38,46H,3-14,19-22,31-32H2,1-2H3. The Labute approximate surface area is 311 Å². The highest BCUT2D eigenvalue weighted by Gasteiger charge is 2.29. The van der Waals surface area contributed by atoms with Gasteiger partial charge in [0, 0.05) is 11.8 Å². The third-order valence-corrected chi connectivity index (χ3v) is 10.9. The molecule has 0 unspecified atom stereocenters. The molecule has 2 aliphatic rings. The molecule has 0 amide bonds. The highest BCUT2D eigenvalue weighted by Crippen LogP contribution is 2.33. The zero-order valence-electron chi connectivity index (χ0n) is 31.4. The van der Waals surface area contributed by atoms with E-state index in [1.165, 1.54) is 55.9 Å². The van der Waals surface area contributed by atoms with E-state index in [0.717, 1.165) is 70.0 Å². The molecule has 0 radical (unpaired) electrons. The largest absolute Gasteiger partial charge is 0.493 e. The van der Waals surface area contributed by atoms with Crippen LogP contribution in [0, 0.1) is 29.1 Å². The molecular formula is C45H59NO6. The zero-order valence-corrected chi connectivity index (χ0v) is 31.4. The van der Waals surface area contributed by atoms with Crippen molar-refractivity contribution in [1.29, 1.82) is 5.41 Å². The third kappa shape index (κ3) is 12.2. The molecule has 2 aliphatic carbocycles. The molecule has 2 saturated carbocycles. The molecule has 3 aromatic rings. The Kier molecular flexibility index (Phi) is 15.6. The van der Waals surface area contributed by atoms with Crippen molar-refractivity contribution >= 4 is 18.2 Å². The molecule has 52 heavy (non-hydrogen) atoms. The van der Waals surface area contributed by atoms with Crippen LogP contribution in [0.5, 0.6) is 23.0 Å². The van der Waals surface area contributed by atoms with Gasteiger partial charge in [0.1, 0.15) is 23.0 Å². The Morgan fingerprint density at radius 1 is 0.596 bits per heavy atom. The molecular weight excluding hydrogens is 650 g/mol.